The molecule has 0 saturated heterocycles. The van der Waals surface area contributed by atoms with E-state index < -0.39 is 31.6 Å². The van der Waals surface area contributed by atoms with Crippen molar-refractivity contribution in [2.75, 3.05) is 12.8 Å². The molecule has 160 valence electrons. The van der Waals surface area contributed by atoms with Crippen LogP contribution >= 0.6 is 7.60 Å². The van der Waals surface area contributed by atoms with E-state index in [-0.39, 0.29) is 6.61 Å². The number of amides is 1. The highest BCUT2D eigenvalue weighted by atomic mass is 31.2. The minimum absolute atomic E-state index is 0.0308. The van der Waals surface area contributed by atoms with Crippen molar-refractivity contribution in [2.24, 2.45) is 5.92 Å². The van der Waals surface area contributed by atoms with E-state index in [9.17, 15) is 14.2 Å². The van der Waals surface area contributed by atoms with Gasteiger partial charge >= 0.3 is 13.6 Å². The highest BCUT2D eigenvalue weighted by molar-refractivity contribution is 7.51. The fraction of sp³-hybridized carbons (Fsp3) is 0.579. The number of hydrogen-bond donors (Lipinski definition) is 4. The Bertz CT molecular complexity index is 657. The Morgan fingerprint density at radius 3 is 2.04 bits per heavy atom. The van der Waals surface area contributed by atoms with Gasteiger partial charge in [-0.25, -0.2) is 5.48 Å². The molecule has 1 unspecified atom stereocenters. The van der Waals surface area contributed by atoms with Gasteiger partial charge in [0, 0.05) is 0 Å². The number of carbonyl (C=O) groups excluding carboxylic acids is 1. The van der Waals surface area contributed by atoms with Crippen molar-refractivity contribution in [3.8, 4) is 0 Å². The van der Waals surface area contributed by atoms with Crippen LogP contribution in [0.3, 0.4) is 0 Å². The molecule has 0 heterocycles. The maximum atomic E-state index is 11.7. The normalized spacial score (nSPS) is 13.8. The molecule has 9 heteroatoms. The van der Waals surface area contributed by atoms with Gasteiger partial charge in [0.15, 0.2) is 0 Å². The topological polar surface area (TPSA) is 133 Å². The summed E-state index contributed by atoms with van der Waals surface area (Å²) in [6, 6.07) is 0. The van der Waals surface area contributed by atoms with Gasteiger partial charge in [-0.2, -0.15) is 0 Å². The second-order valence-electron chi connectivity index (χ2n) is 6.98. The Balaban J connectivity index is 4.26. The van der Waals surface area contributed by atoms with Gasteiger partial charge in [0.1, 0.15) is 5.92 Å². The summed E-state index contributed by atoms with van der Waals surface area (Å²) < 4.78 is 10.9. The van der Waals surface area contributed by atoms with Crippen LogP contribution in [0.4, 0.5) is 0 Å². The molecule has 1 atom stereocenters. The van der Waals surface area contributed by atoms with E-state index in [0.29, 0.717) is 0 Å². The van der Waals surface area contributed by atoms with E-state index in [1.165, 1.54) is 11.1 Å². The number of carboxylic acid groups (broad SMARTS) is 1. The minimum atomic E-state index is -4.64. The smallest absolute Gasteiger partial charge is 0.326 e. The quantitative estimate of drug-likeness (QED) is 0.119. The number of allylic oxidation sites excluding steroid dienone is 5. The molecule has 1 amide bonds. The standard InChI is InChI=1S/C19H32NO7P/c1-14(2)7-5-8-15(3)9-6-10-16(4)11-12-27-20-18(21)17(19(22)23)13-28(24,25)26/h7,9,11,17H,5-6,8,10,12-13H2,1-4H3,(H,20,21)(H,22,23)(H2,24,25,26). The van der Waals surface area contributed by atoms with Gasteiger partial charge in [-0.3, -0.25) is 19.0 Å². The van der Waals surface area contributed by atoms with Crippen LogP contribution in [0.15, 0.2) is 34.9 Å². The number of hydroxylamine groups is 1. The molecule has 4 N–H and O–H groups in total. The predicted molar refractivity (Wildman–Crippen MR) is 108 cm³/mol. The van der Waals surface area contributed by atoms with Gasteiger partial charge in [0.05, 0.1) is 12.8 Å². The van der Waals surface area contributed by atoms with E-state index in [1.54, 1.807) is 6.08 Å². The molecule has 0 aliphatic rings. The highest BCUT2D eigenvalue weighted by Crippen LogP contribution is 2.36. The first-order valence-electron chi connectivity index (χ1n) is 9.06. The van der Waals surface area contributed by atoms with Crippen molar-refractivity contribution in [1.82, 2.24) is 5.48 Å². The number of nitrogens with one attached hydrogen (secondary N) is 1. The molecule has 0 bridgehead atoms. The minimum Gasteiger partial charge on any atom is -0.481 e. The molecule has 0 aromatic carbocycles. The fourth-order valence-corrected chi connectivity index (χ4v) is 3.02. The molecule has 8 nitrogen and oxygen atoms in total. The van der Waals surface area contributed by atoms with E-state index in [2.05, 4.69) is 32.9 Å². The Labute approximate surface area is 166 Å². The summed E-state index contributed by atoms with van der Waals surface area (Å²) in [7, 11) is -4.64. The molecule has 0 spiro atoms. The Hall–Kier alpha value is -1.73. The molecule has 0 aliphatic carbocycles. The van der Waals surface area contributed by atoms with Crippen LogP contribution in [0.25, 0.3) is 0 Å². The maximum Gasteiger partial charge on any atom is 0.326 e. The maximum absolute atomic E-state index is 11.7. The SMILES string of the molecule is CC(C)=CCCC(C)=CCCC(C)=CCONC(=O)C(CP(=O)(O)O)C(=O)O. The lowest BCUT2D eigenvalue weighted by Gasteiger charge is -2.13. The molecule has 0 rings (SSSR count). The van der Waals surface area contributed by atoms with Crippen LogP contribution in [-0.4, -0.2) is 39.5 Å². The van der Waals surface area contributed by atoms with Gasteiger partial charge < -0.3 is 14.9 Å². The lowest BCUT2D eigenvalue weighted by molar-refractivity contribution is -0.150. The zero-order valence-corrected chi connectivity index (χ0v) is 17.9. The number of carboxylic acids is 1. The van der Waals surface area contributed by atoms with Crippen LogP contribution in [0, 0.1) is 5.92 Å². The van der Waals surface area contributed by atoms with Gasteiger partial charge in [-0.05, 0) is 53.4 Å². The first-order chi connectivity index (χ1) is 12.9. The molecule has 0 aromatic heterocycles. The van der Waals surface area contributed by atoms with E-state index >= 15 is 0 Å². The van der Waals surface area contributed by atoms with E-state index in [1.807, 2.05) is 12.4 Å². The number of carbonyl (C=O) groups is 2. The Morgan fingerprint density at radius 2 is 1.54 bits per heavy atom. The summed E-state index contributed by atoms with van der Waals surface area (Å²) in [6.45, 7) is 8.22. The predicted octanol–water partition coefficient (Wildman–Crippen LogP) is 3.33. The van der Waals surface area contributed by atoms with Crippen molar-refractivity contribution in [3.05, 3.63) is 34.9 Å². The average Bonchev–Trinajstić information content (AvgIpc) is 2.55. The first kappa shape index (κ1) is 26.3. The zero-order valence-electron chi connectivity index (χ0n) is 17.0. The first-order valence-corrected chi connectivity index (χ1v) is 10.9. The largest absolute Gasteiger partial charge is 0.481 e. The van der Waals surface area contributed by atoms with E-state index in [4.69, 9.17) is 19.7 Å². The number of hydrogen-bond acceptors (Lipinski definition) is 4. The van der Waals surface area contributed by atoms with Crippen molar-refractivity contribution < 1.29 is 33.9 Å². The lowest BCUT2D eigenvalue weighted by atomic mass is 10.1. The van der Waals surface area contributed by atoms with E-state index in [0.717, 1.165) is 31.3 Å². The molecular formula is C19H32NO7P. The van der Waals surface area contributed by atoms with Crippen LogP contribution in [0.5, 0.6) is 0 Å². The number of aliphatic carboxylic acids is 1. The van der Waals surface area contributed by atoms with Crippen molar-refractivity contribution in [2.45, 2.75) is 53.4 Å². The van der Waals surface area contributed by atoms with Gasteiger partial charge in [0.25, 0.3) is 5.91 Å². The van der Waals surface area contributed by atoms with Crippen LogP contribution in [0.2, 0.25) is 0 Å². The van der Waals surface area contributed by atoms with Crippen molar-refractivity contribution in [1.29, 1.82) is 0 Å². The Morgan fingerprint density at radius 1 is 1.00 bits per heavy atom. The van der Waals surface area contributed by atoms with Gasteiger partial charge in [-0.15, -0.1) is 0 Å². The van der Waals surface area contributed by atoms with Crippen LogP contribution in [-0.2, 0) is 19.0 Å². The third-order valence-corrected chi connectivity index (χ3v) is 4.69. The molecule has 0 fully saturated rings. The average molecular weight is 417 g/mol. The fourth-order valence-electron chi connectivity index (χ4n) is 2.22. The molecule has 0 aliphatic heterocycles. The van der Waals surface area contributed by atoms with Crippen LogP contribution < -0.4 is 5.48 Å². The third-order valence-electron chi connectivity index (χ3n) is 3.85. The molecule has 0 radical (unpaired) electrons. The summed E-state index contributed by atoms with van der Waals surface area (Å²) in [6.07, 6.45) is 8.86. The second-order valence-corrected chi connectivity index (χ2v) is 8.67. The lowest BCUT2D eigenvalue weighted by Crippen LogP contribution is -2.37. The zero-order chi connectivity index (χ0) is 21.7. The summed E-state index contributed by atoms with van der Waals surface area (Å²) >= 11 is 0. The van der Waals surface area contributed by atoms with Gasteiger partial charge in [-0.1, -0.05) is 34.9 Å². The van der Waals surface area contributed by atoms with Crippen molar-refractivity contribution in [3.63, 3.8) is 0 Å². The molecule has 28 heavy (non-hydrogen) atoms. The molecular weight excluding hydrogens is 385 g/mol. The monoisotopic (exact) mass is 417 g/mol. The van der Waals surface area contributed by atoms with Crippen LogP contribution in [0.1, 0.15) is 53.4 Å². The Kier molecular flexibility index (Phi) is 12.6. The third kappa shape index (κ3) is 14.3. The summed E-state index contributed by atoms with van der Waals surface area (Å²) in [5.74, 6) is -4.59. The van der Waals surface area contributed by atoms with Crippen molar-refractivity contribution >= 4 is 19.5 Å². The second kappa shape index (κ2) is 13.4. The highest BCUT2D eigenvalue weighted by Gasteiger charge is 2.33. The molecule has 0 saturated carbocycles. The molecule has 0 aromatic rings. The number of rotatable bonds is 13. The summed E-state index contributed by atoms with van der Waals surface area (Å²) in [5, 5.41) is 8.89. The summed E-state index contributed by atoms with van der Waals surface area (Å²) in [4.78, 5) is 45.2. The van der Waals surface area contributed by atoms with Gasteiger partial charge in [0.2, 0.25) is 0 Å². The summed E-state index contributed by atoms with van der Waals surface area (Å²) in [5.41, 5.74) is 5.62.